The van der Waals surface area contributed by atoms with Gasteiger partial charge in [0.05, 0.1) is 121 Å². The molecule has 8 bridgehead atoms. The molecule has 9 aliphatic rings. The Hall–Kier alpha value is -10.3. The van der Waals surface area contributed by atoms with E-state index in [9.17, 15) is 29.4 Å². The predicted octanol–water partition coefficient (Wildman–Crippen LogP) is 6.04. The Kier molecular flexibility index (Phi) is 52.6. The molecule has 13 rings (SSSR count). The van der Waals surface area contributed by atoms with Crippen molar-refractivity contribution in [1.29, 1.82) is 0 Å². The summed E-state index contributed by atoms with van der Waals surface area (Å²) < 4.78 is 72.2. The van der Waals surface area contributed by atoms with E-state index in [4.69, 9.17) is 56.8 Å². The highest BCUT2D eigenvalue weighted by Gasteiger charge is 2.46. The second-order valence-electron chi connectivity index (χ2n) is 38.3. The molecule has 11 N–H and O–H groups in total. The van der Waals surface area contributed by atoms with Crippen LogP contribution in [0.25, 0.3) is 0 Å². The maximum Gasteiger partial charge on any atom is 0.407 e. The van der Waals surface area contributed by atoms with Crippen LogP contribution in [-0.4, -0.2) is 360 Å². The highest BCUT2D eigenvalue weighted by Crippen LogP contribution is 2.33. The third-order valence-electron chi connectivity index (χ3n) is 25.9. The highest BCUT2D eigenvalue weighted by molar-refractivity contribution is 6.03. The molecular weight excluding hydrogens is 1860 g/mol. The Morgan fingerprint density at radius 2 is 1.08 bits per heavy atom. The SMILES string of the molecule is COCCOCCOCCN1CCNC(=O)C2=C(OCc3ccccc3)C(=CCC2)C(=O)NCCN(CC(CNC2CCNC(=O)C3CC(C)N(CC(=O)CCCCCN(CCOCCOCCOC)CCNC(O)CN4C(=O)C(OCc5ccccc5)=C(CC4C)C(O)NCC2)C(=O)C3OCc2ccccc2)OCCCCNC(=O)OC(C)(C)C)CCNC(=O)C2=CC=CC(C(=O)NCC1)C2OCc1ccccc1. The molecule has 7 heterocycles. The van der Waals surface area contributed by atoms with Crippen LogP contribution in [0.1, 0.15) is 134 Å². The number of aliphatic hydroxyl groups excluding tert-OH is 2. The number of ketones is 1. The van der Waals surface area contributed by atoms with Crippen LogP contribution in [0.5, 0.6) is 0 Å². The average Bonchev–Trinajstić information content (AvgIpc) is 0.792. The lowest BCUT2D eigenvalue weighted by Gasteiger charge is -2.41. The number of alkyl carbamates (subject to hydrolysis) is 1. The van der Waals surface area contributed by atoms with Crippen LogP contribution in [0, 0.1) is 11.8 Å². The Morgan fingerprint density at radius 1 is 0.531 bits per heavy atom. The van der Waals surface area contributed by atoms with Crippen LogP contribution in [0.4, 0.5) is 4.79 Å². The maximum atomic E-state index is 15.2. The Bertz CT molecular complexity index is 4730. The summed E-state index contributed by atoms with van der Waals surface area (Å²) in [6.07, 6.45) is 5.45. The zero-order valence-corrected chi connectivity index (χ0v) is 86.1. The Balaban J connectivity index is 0.958. The van der Waals surface area contributed by atoms with Crippen molar-refractivity contribution >= 4 is 53.2 Å². The molecule has 8 amide bonds. The first kappa shape index (κ1) is 117. The summed E-state index contributed by atoms with van der Waals surface area (Å²) in [5.74, 6) is -5.11. The monoisotopic (exact) mass is 2020 g/mol. The number of unbranched alkanes of at least 4 members (excludes halogenated alkanes) is 1. The van der Waals surface area contributed by atoms with Gasteiger partial charge >= 0.3 is 6.09 Å². The van der Waals surface area contributed by atoms with Gasteiger partial charge in [-0.2, -0.15) is 0 Å². The van der Waals surface area contributed by atoms with Crippen LogP contribution in [0.2, 0.25) is 0 Å². The van der Waals surface area contributed by atoms with E-state index in [-0.39, 0.29) is 191 Å². The zero-order chi connectivity index (χ0) is 103. The number of fused-ring (bicyclic) bond motifs is 3. The number of Topliss-reactive ketones (excluding diaryl/α,β-unsaturated/α-hetero) is 1. The molecule has 37 heteroatoms. The number of hydrogen-bond donors (Lipinski definition) is 11. The fourth-order valence-corrected chi connectivity index (χ4v) is 17.9. The van der Waals surface area contributed by atoms with E-state index in [0.717, 1.165) is 28.7 Å². The number of methoxy groups -OCH3 is 2. The van der Waals surface area contributed by atoms with Crippen molar-refractivity contribution in [1.82, 2.24) is 72.4 Å². The van der Waals surface area contributed by atoms with Crippen molar-refractivity contribution in [3.63, 3.8) is 0 Å². The number of allylic oxidation sites excluding steroid dienone is 3. The molecular formula is C108H160N14O23. The minimum atomic E-state index is -1.42. The van der Waals surface area contributed by atoms with E-state index in [1.54, 1.807) is 69.1 Å². The topological polar surface area (TPSA) is 429 Å². The number of rotatable bonds is 41. The number of ether oxygens (including phenoxy) is 12. The number of carbonyl (C=O) groups is 9. The summed E-state index contributed by atoms with van der Waals surface area (Å²) in [5.41, 5.74) is 3.46. The van der Waals surface area contributed by atoms with Crippen molar-refractivity contribution in [3.8, 4) is 0 Å². The highest BCUT2D eigenvalue weighted by atomic mass is 16.6. The molecule has 4 aromatic carbocycles. The molecule has 0 saturated carbocycles. The lowest BCUT2D eigenvalue weighted by Crippen LogP contribution is -2.58. The van der Waals surface area contributed by atoms with Crippen molar-refractivity contribution in [2.24, 2.45) is 11.8 Å². The smallest absolute Gasteiger partial charge is 0.407 e. The quantitative estimate of drug-likeness (QED) is 0.0226. The largest absolute Gasteiger partial charge is 0.488 e. The molecule has 145 heavy (non-hydrogen) atoms. The van der Waals surface area contributed by atoms with Crippen LogP contribution >= 0.6 is 0 Å². The number of nitrogens with one attached hydrogen (secondary N) is 9. The van der Waals surface area contributed by atoms with Gasteiger partial charge in [-0.1, -0.05) is 152 Å². The molecule has 800 valence electrons. The Morgan fingerprint density at radius 3 is 1.70 bits per heavy atom. The molecule has 4 aromatic rings. The first-order chi connectivity index (χ1) is 70.4. The lowest BCUT2D eigenvalue weighted by atomic mass is 9.87. The summed E-state index contributed by atoms with van der Waals surface area (Å²) in [4.78, 5) is 142. The van der Waals surface area contributed by atoms with Gasteiger partial charge in [-0.3, -0.25) is 63.7 Å². The number of piperidine rings is 1. The summed E-state index contributed by atoms with van der Waals surface area (Å²) in [6.45, 7) is 17.9. The molecule has 3 saturated heterocycles. The van der Waals surface area contributed by atoms with Gasteiger partial charge in [0.15, 0.2) is 11.5 Å². The van der Waals surface area contributed by atoms with Crippen molar-refractivity contribution in [3.05, 3.63) is 202 Å². The van der Waals surface area contributed by atoms with E-state index >= 15 is 24.0 Å². The summed E-state index contributed by atoms with van der Waals surface area (Å²) in [6, 6.07) is 36.1. The first-order valence-corrected chi connectivity index (χ1v) is 51.8. The van der Waals surface area contributed by atoms with E-state index in [2.05, 4.69) is 62.6 Å². The number of carbonyl (C=O) groups excluding carboxylic acids is 9. The van der Waals surface area contributed by atoms with Gasteiger partial charge in [-0.25, -0.2) is 4.79 Å². The van der Waals surface area contributed by atoms with E-state index < -0.39 is 108 Å². The van der Waals surface area contributed by atoms with Crippen molar-refractivity contribution in [2.75, 3.05) is 218 Å². The third-order valence-corrected chi connectivity index (χ3v) is 25.9. The van der Waals surface area contributed by atoms with Gasteiger partial charge in [0.25, 0.3) is 23.6 Å². The van der Waals surface area contributed by atoms with Gasteiger partial charge < -0.3 is 114 Å². The first-order valence-electron chi connectivity index (χ1n) is 51.8. The van der Waals surface area contributed by atoms with E-state index in [1.165, 1.54) is 0 Å². The number of aliphatic hydroxyl groups is 2. The van der Waals surface area contributed by atoms with E-state index in [0.29, 0.717) is 155 Å². The molecule has 37 nitrogen and oxygen atoms in total. The van der Waals surface area contributed by atoms with Crippen LogP contribution in [0.15, 0.2) is 179 Å². The second kappa shape index (κ2) is 65.4. The van der Waals surface area contributed by atoms with E-state index in [1.807, 2.05) is 135 Å². The van der Waals surface area contributed by atoms with Gasteiger partial charge in [-0.15, -0.1) is 0 Å². The number of hydrogen-bond acceptors (Lipinski definition) is 29. The van der Waals surface area contributed by atoms with Gasteiger partial charge in [-0.05, 0) is 134 Å². The summed E-state index contributed by atoms with van der Waals surface area (Å²) >= 11 is 0. The molecule has 2 aliphatic carbocycles. The molecule has 7 aliphatic heterocycles. The standard InChI is InChI=1S/C108H160N14O23/c1-79-69-92-97(143-77-83-31-17-10-18-32-83)105(131)121(79)72-86(123)35-21-12-23-50-118(56-59-136-65-67-138-63-61-134-6)51-45-109-94(124)74-122-80(2)70-93(98(106(122)132)144-78-84-33-19-11-20-34-84)104(130)111-44-41-85(40-43-110-103(92)129)117-71-87(140-58-24-22-42-116-107(133)145-108(3,4)5)73-120-54-48-114-101(127)90-38-25-36-88(95(90)141-75-81-27-13-8-14-28-81)99(125)112-46-52-119(57-60-137-66-68-139-64-62-135-7)53-47-113-100(126)89-37-26-39-91(102(128)115-49-55-120)96(89)142-76-82-29-15-9-16-30-82/h8-11,13-20,25,27-34,36,38-39,79-80,85,87-88,92,94-95,97,104,109,111,117,124,130H,12,21-24,26,35,37,40-78H2,1-7H3,(H,110,129)(H,112,125)(H,113,126)(H,114,127)(H,115,128)(H,116,133). The fourth-order valence-electron chi connectivity index (χ4n) is 17.9. The predicted molar refractivity (Wildman–Crippen MR) is 547 cm³/mol. The van der Waals surface area contributed by atoms with Gasteiger partial charge in [0.1, 0.15) is 49.2 Å². The number of amides is 8. The van der Waals surface area contributed by atoms with Crippen LogP contribution in [-0.2, 0) is 122 Å². The molecule has 10 unspecified atom stereocenters. The molecule has 10 atom stereocenters. The fraction of sp³-hybridized carbons (Fsp3) is 0.602. The average molecular weight is 2020 g/mol. The molecule has 0 spiro atoms. The third kappa shape index (κ3) is 42.1. The summed E-state index contributed by atoms with van der Waals surface area (Å²) in [7, 11) is 3.22. The van der Waals surface area contributed by atoms with Crippen molar-refractivity contribution < 1.29 is 110 Å². The number of benzene rings is 4. The Labute approximate surface area is 855 Å². The number of nitrogens with zero attached hydrogens (tertiary/aromatic N) is 5. The minimum Gasteiger partial charge on any atom is -0.488 e. The second-order valence-corrected chi connectivity index (χ2v) is 38.3. The van der Waals surface area contributed by atoms with Crippen molar-refractivity contribution in [2.45, 2.75) is 193 Å². The summed E-state index contributed by atoms with van der Waals surface area (Å²) in [5, 5.41) is 53.3. The minimum absolute atomic E-state index is 0.00563. The lowest BCUT2D eigenvalue weighted by molar-refractivity contribution is -0.164. The van der Waals surface area contributed by atoms with Gasteiger partial charge in [0, 0.05) is 161 Å². The van der Waals surface area contributed by atoms with Gasteiger partial charge in [0.2, 0.25) is 17.7 Å². The maximum absolute atomic E-state index is 15.2. The molecule has 0 radical (unpaired) electrons. The normalized spacial score (nSPS) is 22.9. The molecule has 0 aromatic heterocycles. The zero-order valence-electron chi connectivity index (χ0n) is 86.1. The van der Waals surface area contributed by atoms with Crippen LogP contribution in [0.3, 0.4) is 0 Å². The molecule has 3 fully saturated rings. The van der Waals surface area contributed by atoms with Crippen LogP contribution < -0.4 is 47.9 Å².